The molecule has 0 aliphatic rings. The van der Waals surface area contributed by atoms with Crippen molar-refractivity contribution < 1.29 is 9.13 Å². The van der Waals surface area contributed by atoms with E-state index < -0.39 is 11.5 Å². The molecule has 0 amide bonds. The van der Waals surface area contributed by atoms with Crippen molar-refractivity contribution in [2.75, 3.05) is 12.8 Å². The first-order valence-corrected chi connectivity index (χ1v) is 4.81. The van der Waals surface area contributed by atoms with Gasteiger partial charge in [0.1, 0.15) is 5.82 Å². The summed E-state index contributed by atoms with van der Waals surface area (Å²) in [5.41, 5.74) is 5.77. The van der Waals surface area contributed by atoms with Crippen molar-refractivity contribution in [2.45, 2.75) is 0 Å². The minimum Gasteiger partial charge on any atom is -0.494 e. The number of nitrogens with one attached hydrogen (secondary N) is 1. The van der Waals surface area contributed by atoms with E-state index in [1.54, 1.807) is 6.07 Å². The number of ether oxygens (including phenoxy) is 1. The largest absolute Gasteiger partial charge is 0.494 e. The number of aromatic nitrogens is 2. The minimum absolute atomic E-state index is 0.0833. The maximum absolute atomic E-state index is 13.5. The molecule has 0 aliphatic heterocycles. The molecule has 1 aromatic heterocycles. The van der Waals surface area contributed by atoms with Crippen molar-refractivity contribution in [3.63, 3.8) is 0 Å². The van der Waals surface area contributed by atoms with Crippen LogP contribution in [-0.2, 0) is 0 Å². The molecule has 3 N–H and O–H groups in total. The molecule has 0 saturated carbocycles. The minimum atomic E-state index is -0.573. The summed E-state index contributed by atoms with van der Waals surface area (Å²) in [7, 11) is 1.38. The summed E-state index contributed by atoms with van der Waals surface area (Å²) in [4.78, 5) is 17.1. The van der Waals surface area contributed by atoms with Gasteiger partial charge in [-0.1, -0.05) is 0 Å². The average Bonchev–Trinajstić information content (AvgIpc) is 2.27. The average molecular weight is 235 g/mol. The topological polar surface area (TPSA) is 81.0 Å². The number of H-pyrrole nitrogens is 1. The molecule has 1 heterocycles. The van der Waals surface area contributed by atoms with E-state index >= 15 is 0 Å². The lowest BCUT2D eigenvalue weighted by Crippen LogP contribution is -2.13. The van der Waals surface area contributed by atoms with Crippen LogP contribution < -0.4 is 16.2 Å². The number of rotatable bonds is 2. The van der Waals surface area contributed by atoms with Gasteiger partial charge in [0.05, 0.1) is 12.8 Å². The first-order chi connectivity index (χ1) is 8.10. The van der Waals surface area contributed by atoms with Gasteiger partial charge in [0.25, 0.3) is 0 Å². The van der Waals surface area contributed by atoms with Gasteiger partial charge >= 0.3 is 5.69 Å². The van der Waals surface area contributed by atoms with Gasteiger partial charge in [-0.2, -0.15) is 4.98 Å². The Morgan fingerprint density at radius 1 is 1.41 bits per heavy atom. The van der Waals surface area contributed by atoms with E-state index in [0.717, 1.165) is 0 Å². The van der Waals surface area contributed by atoms with E-state index in [2.05, 4.69) is 9.97 Å². The predicted octanol–water partition coefficient (Wildman–Crippen LogP) is 1.17. The molecule has 6 heteroatoms. The zero-order valence-electron chi connectivity index (χ0n) is 9.03. The van der Waals surface area contributed by atoms with E-state index in [1.807, 2.05) is 0 Å². The number of hydrogen-bond donors (Lipinski definition) is 2. The zero-order chi connectivity index (χ0) is 12.4. The van der Waals surface area contributed by atoms with E-state index in [1.165, 1.54) is 25.3 Å². The molecule has 0 aliphatic carbocycles. The van der Waals surface area contributed by atoms with Gasteiger partial charge in [0, 0.05) is 11.6 Å². The second-order valence-corrected chi connectivity index (χ2v) is 3.37. The normalized spacial score (nSPS) is 10.2. The van der Waals surface area contributed by atoms with Crippen LogP contribution >= 0.6 is 0 Å². The number of nitrogen functional groups attached to an aromatic ring is 1. The molecular weight excluding hydrogens is 225 g/mol. The van der Waals surface area contributed by atoms with Crippen molar-refractivity contribution in [2.24, 2.45) is 0 Å². The van der Waals surface area contributed by atoms with E-state index in [4.69, 9.17) is 10.5 Å². The quantitative estimate of drug-likeness (QED) is 0.818. The number of benzene rings is 1. The number of methoxy groups -OCH3 is 1. The molecule has 0 saturated heterocycles. The molecule has 2 aromatic rings. The first kappa shape index (κ1) is 11.1. The smallest absolute Gasteiger partial charge is 0.347 e. The Morgan fingerprint density at radius 2 is 2.18 bits per heavy atom. The summed E-state index contributed by atoms with van der Waals surface area (Å²) in [6.45, 7) is 0. The lowest BCUT2D eigenvalue weighted by atomic mass is 10.1. The van der Waals surface area contributed by atoms with Gasteiger partial charge in [0.2, 0.25) is 0 Å². The van der Waals surface area contributed by atoms with Crippen LogP contribution in [0.4, 0.5) is 10.2 Å². The predicted molar refractivity (Wildman–Crippen MR) is 61.2 cm³/mol. The summed E-state index contributed by atoms with van der Waals surface area (Å²) in [6.07, 6.45) is 0. The molecule has 1 aromatic carbocycles. The van der Waals surface area contributed by atoms with Crippen LogP contribution in [0.1, 0.15) is 0 Å². The highest BCUT2D eigenvalue weighted by molar-refractivity contribution is 5.62. The van der Waals surface area contributed by atoms with Crippen molar-refractivity contribution in [1.82, 2.24) is 9.97 Å². The Kier molecular flexibility index (Phi) is 2.78. The molecule has 0 bridgehead atoms. The Labute approximate surface area is 96.1 Å². The van der Waals surface area contributed by atoms with E-state index in [0.29, 0.717) is 11.3 Å². The zero-order valence-corrected chi connectivity index (χ0v) is 9.03. The molecule has 5 nitrogen and oxygen atoms in total. The maximum Gasteiger partial charge on any atom is 0.347 e. The van der Waals surface area contributed by atoms with Crippen LogP contribution in [0.2, 0.25) is 0 Å². The van der Waals surface area contributed by atoms with Gasteiger partial charge in [-0.3, -0.25) is 0 Å². The number of halogens is 1. The summed E-state index contributed by atoms with van der Waals surface area (Å²) in [6, 6.07) is 5.80. The fraction of sp³-hybridized carbons (Fsp3) is 0.0909. The molecule has 0 unspecified atom stereocenters. The van der Waals surface area contributed by atoms with Crippen LogP contribution in [-0.4, -0.2) is 17.1 Å². The molecule has 88 valence electrons. The number of nitrogens with zero attached hydrogens (tertiary/aromatic N) is 1. The molecule has 0 atom stereocenters. The second kappa shape index (κ2) is 4.25. The van der Waals surface area contributed by atoms with Gasteiger partial charge < -0.3 is 15.5 Å². The van der Waals surface area contributed by atoms with Gasteiger partial charge in [-0.25, -0.2) is 9.18 Å². The Morgan fingerprint density at radius 3 is 2.76 bits per heavy atom. The molecule has 0 radical (unpaired) electrons. The summed E-state index contributed by atoms with van der Waals surface area (Å²) >= 11 is 0. The summed E-state index contributed by atoms with van der Waals surface area (Å²) in [5.74, 6) is -0.292. The van der Waals surface area contributed by atoms with Crippen LogP contribution in [0, 0.1) is 5.82 Å². The highest BCUT2D eigenvalue weighted by atomic mass is 19.1. The Bertz CT molecular complexity index is 610. The van der Waals surface area contributed by atoms with Crippen LogP contribution in [0.5, 0.6) is 5.75 Å². The third kappa shape index (κ3) is 2.25. The van der Waals surface area contributed by atoms with E-state index in [9.17, 15) is 9.18 Å². The van der Waals surface area contributed by atoms with Crippen LogP contribution in [0.15, 0.2) is 29.1 Å². The third-order valence-electron chi connectivity index (χ3n) is 2.23. The number of anilines is 1. The molecular formula is C11H10FN3O2. The monoisotopic (exact) mass is 235 g/mol. The van der Waals surface area contributed by atoms with Crippen LogP contribution in [0.3, 0.4) is 0 Å². The Balaban J connectivity index is 2.53. The van der Waals surface area contributed by atoms with Gasteiger partial charge in [-0.15, -0.1) is 0 Å². The van der Waals surface area contributed by atoms with Gasteiger partial charge in [0.15, 0.2) is 11.6 Å². The van der Waals surface area contributed by atoms with Crippen molar-refractivity contribution in [3.05, 3.63) is 40.6 Å². The number of nitrogens with two attached hydrogens (primary N) is 1. The van der Waals surface area contributed by atoms with Gasteiger partial charge in [-0.05, 0) is 18.2 Å². The van der Waals surface area contributed by atoms with Crippen molar-refractivity contribution >= 4 is 5.82 Å². The standard InChI is InChI=1S/C11H10FN3O2/c1-17-9-3-2-6(4-7(9)12)8-5-10(13)15-11(16)14-8/h2-5H,1H3,(H3,13,14,15,16). The highest BCUT2D eigenvalue weighted by Gasteiger charge is 2.06. The lowest BCUT2D eigenvalue weighted by Gasteiger charge is -2.05. The third-order valence-corrected chi connectivity index (χ3v) is 2.23. The summed E-state index contributed by atoms with van der Waals surface area (Å²) in [5, 5.41) is 0. The maximum atomic E-state index is 13.5. The molecule has 2 rings (SSSR count). The fourth-order valence-corrected chi connectivity index (χ4v) is 1.47. The van der Waals surface area contributed by atoms with Crippen LogP contribution in [0.25, 0.3) is 11.3 Å². The highest BCUT2D eigenvalue weighted by Crippen LogP contribution is 2.23. The number of aromatic amines is 1. The Hall–Kier alpha value is -2.37. The summed E-state index contributed by atoms with van der Waals surface area (Å²) < 4.78 is 18.3. The van der Waals surface area contributed by atoms with E-state index in [-0.39, 0.29) is 11.6 Å². The molecule has 17 heavy (non-hydrogen) atoms. The number of hydrogen-bond acceptors (Lipinski definition) is 4. The molecule has 0 fully saturated rings. The fourth-order valence-electron chi connectivity index (χ4n) is 1.47. The second-order valence-electron chi connectivity index (χ2n) is 3.37. The van der Waals surface area contributed by atoms with Crippen molar-refractivity contribution in [3.8, 4) is 17.0 Å². The first-order valence-electron chi connectivity index (χ1n) is 4.81. The SMILES string of the molecule is COc1ccc(-c2cc(N)nc(=O)[nH]2)cc1F. The van der Waals surface area contributed by atoms with Crippen molar-refractivity contribution in [1.29, 1.82) is 0 Å². The lowest BCUT2D eigenvalue weighted by molar-refractivity contribution is 0.386. The molecule has 0 spiro atoms.